The molecule has 0 unspecified atom stereocenters. The molecule has 0 N–H and O–H groups in total. The van der Waals surface area contributed by atoms with Gasteiger partial charge in [0.15, 0.2) is 0 Å². The second-order valence-electron chi connectivity index (χ2n) is 7.61. The second kappa shape index (κ2) is 8.83. The van der Waals surface area contributed by atoms with Gasteiger partial charge in [0.2, 0.25) is 11.0 Å². The molecule has 4 rings (SSSR count). The third-order valence-electron chi connectivity index (χ3n) is 5.76. The Morgan fingerprint density at radius 1 is 1.00 bits per heavy atom. The molecule has 27 heavy (non-hydrogen) atoms. The van der Waals surface area contributed by atoms with Gasteiger partial charge in [-0.3, -0.25) is 4.79 Å². The Morgan fingerprint density at radius 2 is 1.74 bits per heavy atom. The zero-order chi connectivity index (χ0) is 18.5. The molecule has 5 nitrogen and oxygen atoms in total. The fourth-order valence-corrected chi connectivity index (χ4v) is 5.13. The lowest BCUT2D eigenvalue weighted by atomic mass is 9.90. The molecule has 1 saturated carbocycles. The van der Waals surface area contributed by atoms with Gasteiger partial charge in [0.05, 0.1) is 0 Å². The maximum absolute atomic E-state index is 12.5. The first-order chi connectivity index (χ1) is 13.3. The molecule has 144 valence electrons. The Bertz CT molecular complexity index is 734. The topological polar surface area (TPSA) is 49.3 Å². The molecule has 0 atom stereocenters. The molecule has 0 radical (unpaired) electrons. The SMILES string of the molecule is O=C(CCc1ccccc1)N1CCN(c2nnc(C3CCCCC3)s2)CC1. The van der Waals surface area contributed by atoms with Crippen molar-refractivity contribution in [3.63, 3.8) is 0 Å². The molecule has 2 aromatic rings. The molecule has 1 saturated heterocycles. The minimum atomic E-state index is 0.263. The zero-order valence-electron chi connectivity index (χ0n) is 15.8. The van der Waals surface area contributed by atoms with E-state index in [9.17, 15) is 4.79 Å². The average Bonchev–Trinajstić information content (AvgIpc) is 3.24. The minimum absolute atomic E-state index is 0.263. The smallest absolute Gasteiger partial charge is 0.223 e. The van der Waals surface area contributed by atoms with Crippen molar-refractivity contribution < 1.29 is 4.79 Å². The molecule has 2 heterocycles. The van der Waals surface area contributed by atoms with Crippen LogP contribution in [0.5, 0.6) is 0 Å². The number of anilines is 1. The van der Waals surface area contributed by atoms with Gasteiger partial charge in [-0.2, -0.15) is 0 Å². The summed E-state index contributed by atoms with van der Waals surface area (Å²) in [7, 11) is 0. The predicted octanol–water partition coefficient (Wildman–Crippen LogP) is 3.87. The first kappa shape index (κ1) is 18.4. The molecule has 1 aromatic carbocycles. The highest BCUT2D eigenvalue weighted by Gasteiger charge is 2.25. The van der Waals surface area contributed by atoms with Gasteiger partial charge >= 0.3 is 0 Å². The Hall–Kier alpha value is -1.95. The highest BCUT2D eigenvalue weighted by Crippen LogP contribution is 2.36. The largest absolute Gasteiger partial charge is 0.343 e. The summed E-state index contributed by atoms with van der Waals surface area (Å²) in [6.45, 7) is 3.28. The minimum Gasteiger partial charge on any atom is -0.343 e. The van der Waals surface area contributed by atoms with Gasteiger partial charge in [-0.05, 0) is 24.8 Å². The first-order valence-electron chi connectivity index (χ1n) is 10.2. The van der Waals surface area contributed by atoms with E-state index >= 15 is 0 Å². The fourth-order valence-electron chi connectivity index (χ4n) is 4.07. The lowest BCUT2D eigenvalue weighted by Gasteiger charge is -2.34. The van der Waals surface area contributed by atoms with Gasteiger partial charge in [0, 0.05) is 38.5 Å². The summed E-state index contributed by atoms with van der Waals surface area (Å²) >= 11 is 1.76. The van der Waals surface area contributed by atoms with E-state index in [0.29, 0.717) is 12.3 Å². The zero-order valence-corrected chi connectivity index (χ0v) is 16.7. The number of benzene rings is 1. The van der Waals surface area contributed by atoms with Crippen LogP contribution in [0.4, 0.5) is 5.13 Å². The van der Waals surface area contributed by atoms with Crippen molar-refractivity contribution in [2.75, 3.05) is 31.1 Å². The molecule has 6 heteroatoms. The lowest BCUT2D eigenvalue weighted by molar-refractivity contribution is -0.131. The summed E-state index contributed by atoms with van der Waals surface area (Å²) < 4.78 is 0. The normalized spacial score (nSPS) is 18.7. The maximum atomic E-state index is 12.5. The van der Waals surface area contributed by atoms with E-state index in [0.717, 1.165) is 37.7 Å². The number of rotatable bonds is 5. The molecule has 1 aliphatic carbocycles. The highest BCUT2D eigenvalue weighted by molar-refractivity contribution is 7.15. The molecule has 1 amide bonds. The Morgan fingerprint density at radius 3 is 2.48 bits per heavy atom. The van der Waals surface area contributed by atoms with Crippen LogP contribution in [0.25, 0.3) is 0 Å². The van der Waals surface area contributed by atoms with Crippen LogP contribution >= 0.6 is 11.3 Å². The van der Waals surface area contributed by atoms with Crippen molar-refractivity contribution in [3.8, 4) is 0 Å². The van der Waals surface area contributed by atoms with E-state index < -0.39 is 0 Å². The standard InChI is InChI=1S/C21H28N4OS/c26-19(12-11-17-7-3-1-4-8-17)24-13-15-25(16-14-24)21-23-22-20(27-21)18-9-5-2-6-10-18/h1,3-4,7-8,18H,2,5-6,9-16H2. The summed E-state index contributed by atoms with van der Waals surface area (Å²) in [4.78, 5) is 16.8. The monoisotopic (exact) mass is 384 g/mol. The van der Waals surface area contributed by atoms with Crippen LogP contribution in [0, 0.1) is 0 Å². The summed E-state index contributed by atoms with van der Waals surface area (Å²) in [5.41, 5.74) is 1.23. The second-order valence-corrected chi connectivity index (χ2v) is 8.60. The number of aryl methyl sites for hydroxylation is 1. The van der Waals surface area contributed by atoms with Crippen LogP contribution in [0.3, 0.4) is 0 Å². The molecular weight excluding hydrogens is 356 g/mol. The lowest BCUT2D eigenvalue weighted by Crippen LogP contribution is -2.48. The van der Waals surface area contributed by atoms with Crippen molar-refractivity contribution in [2.45, 2.75) is 50.9 Å². The summed E-state index contributed by atoms with van der Waals surface area (Å²) in [6.07, 6.45) is 7.95. The number of piperazine rings is 1. The number of hydrogen-bond acceptors (Lipinski definition) is 5. The average molecular weight is 385 g/mol. The number of hydrogen-bond donors (Lipinski definition) is 0. The van der Waals surface area contributed by atoms with Crippen molar-refractivity contribution >= 4 is 22.4 Å². The van der Waals surface area contributed by atoms with Gasteiger partial charge < -0.3 is 9.80 Å². The van der Waals surface area contributed by atoms with E-state index in [-0.39, 0.29) is 5.91 Å². The number of aromatic nitrogens is 2. The van der Waals surface area contributed by atoms with Crippen molar-refractivity contribution in [1.82, 2.24) is 15.1 Å². The van der Waals surface area contributed by atoms with E-state index in [2.05, 4.69) is 27.2 Å². The number of nitrogens with zero attached hydrogens (tertiary/aromatic N) is 4. The number of amides is 1. The van der Waals surface area contributed by atoms with Crippen LogP contribution < -0.4 is 4.90 Å². The first-order valence-corrected chi connectivity index (χ1v) is 11.0. The molecule has 0 spiro atoms. The van der Waals surface area contributed by atoms with Gasteiger partial charge in [-0.15, -0.1) is 10.2 Å². The van der Waals surface area contributed by atoms with Crippen LogP contribution in [0.15, 0.2) is 30.3 Å². The Kier molecular flexibility index (Phi) is 6.02. The van der Waals surface area contributed by atoms with E-state index in [1.807, 2.05) is 23.1 Å². The third-order valence-corrected chi connectivity index (χ3v) is 6.90. The summed E-state index contributed by atoms with van der Waals surface area (Å²) in [5, 5.41) is 11.2. The Balaban J connectivity index is 1.26. The van der Waals surface area contributed by atoms with E-state index in [1.165, 1.54) is 42.7 Å². The van der Waals surface area contributed by atoms with Crippen LogP contribution in [-0.4, -0.2) is 47.2 Å². The van der Waals surface area contributed by atoms with Crippen LogP contribution in [0.1, 0.15) is 55.0 Å². The number of carbonyl (C=O) groups is 1. The third kappa shape index (κ3) is 4.67. The van der Waals surface area contributed by atoms with E-state index in [4.69, 9.17) is 0 Å². The Labute approximate surface area is 165 Å². The van der Waals surface area contributed by atoms with Gasteiger partial charge in [0.1, 0.15) is 5.01 Å². The number of carbonyl (C=O) groups excluding carboxylic acids is 1. The van der Waals surface area contributed by atoms with Crippen molar-refractivity contribution in [1.29, 1.82) is 0 Å². The van der Waals surface area contributed by atoms with Gasteiger partial charge in [-0.1, -0.05) is 60.9 Å². The molecule has 1 aromatic heterocycles. The molecule has 2 fully saturated rings. The fraction of sp³-hybridized carbons (Fsp3) is 0.571. The van der Waals surface area contributed by atoms with E-state index in [1.54, 1.807) is 11.3 Å². The van der Waals surface area contributed by atoms with Crippen molar-refractivity contribution in [3.05, 3.63) is 40.9 Å². The summed E-state index contributed by atoms with van der Waals surface area (Å²) in [5.74, 6) is 0.879. The predicted molar refractivity (Wildman–Crippen MR) is 109 cm³/mol. The highest BCUT2D eigenvalue weighted by atomic mass is 32.1. The maximum Gasteiger partial charge on any atom is 0.223 e. The van der Waals surface area contributed by atoms with Crippen LogP contribution in [-0.2, 0) is 11.2 Å². The summed E-state index contributed by atoms with van der Waals surface area (Å²) in [6, 6.07) is 10.2. The molecular formula is C21H28N4OS. The van der Waals surface area contributed by atoms with Crippen molar-refractivity contribution in [2.24, 2.45) is 0 Å². The molecule has 1 aliphatic heterocycles. The van der Waals surface area contributed by atoms with Gasteiger partial charge in [0.25, 0.3) is 0 Å². The molecule has 2 aliphatic rings. The van der Waals surface area contributed by atoms with Gasteiger partial charge in [-0.25, -0.2) is 0 Å². The quantitative estimate of drug-likeness (QED) is 0.785. The molecule has 0 bridgehead atoms. The van der Waals surface area contributed by atoms with Crippen LogP contribution in [0.2, 0.25) is 0 Å².